The first-order chi connectivity index (χ1) is 10.1. The van der Waals surface area contributed by atoms with E-state index in [4.69, 9.17) is 15.2 Å². The summed E-state index contributed by atoms with van der Waals surface area (Å²) in [6.07, 6.45) is 4.29. The lowest BCUT2D eigenvalue weighted by Gasteiger charge is -2.31. The van der Waals surface area contributed by atoms with Gasteiger partial charge in [-0.25, -0.2) is 0 Å². The summed E-state index contributed by atoms with van der Waals surface area (Å²) in [6.45, 7) is 2.87. The minimum absolute atomic E-state index is 0.0175. The number of benzene rings is 1. The second kappa shape index (κ2) is 7.26. The van der Waals surface area contributed by atoms with Crippen LogP contribution in [0.15, 0.2) is 18.2 Å². The summed E-state index contributed by atoms with van der Waals surface area (Å²) in [5.41, 5.74) is 5.77. The lowest BCUT2D eigenvalue weighted by atomic mass is 9.86. The van der Waals surface area contributed by atoms with Crippen LogP contribution < -0.4 is 15.2 Å². The molecule has 1 aliphatic carbocycles. The van der Waals surface area contributed by atoms with Gasteiger partial charge in [-0.2, -0.15) is 0 Å². The van der Waals surface area contributed by atoms with E-state index < -0.39 is 4.92 Å². The van der Waals surface area contributed by atoms with Crippen LogP contribution >= 0.6 is 0 Å². The third kappa shape index (κ3) is 4.07. The van der Waals surface area contributed by atoms with Crippen molar-refractivity contribution in [1.29, 1.82) is 0 Å². The zero-order chi connectivity index (χ0) is 15.2. The molecule has 1 fully saturated rings. The third-order valence-corrected chi connectivity index (χ3v) is 3.82. The summed E-state index contributed by atoms with van der Waals surface area (Å²) in [5.74, 6) is 1.26. The molecule has 2 N–H and O–H groups in total. The van der Waals surface area contributed by atoms with Crippen molar-refractivity contribution < 1.29 is 14.4 Å². The number of ether oxygens (including phenoxy) is 2. The number of nitrogens with zero attached hydrogens (tertiary/aromatic N) is 1. The van der Waals surface area contributed by atoms with Crippen LogP contribution in [0.1, 0.15) is 32.6 Å². The van der Waals surface area contributed by atoms with Crippen molar-refractivity contribution in [3.05, 3.63) is 28.3 Å². The summed E-state index contributed by atoms with van der Waals surface area (Å²) in [6, 6.07) is 4.57. The second-order valence-electron chi connectivity index (χ2n) is 5.29. The van der Waals surface area contributed by atoms with Gasteiger partial charge in [0.2, 0.25) is 0 Å². The third-order valence-electron chi connectivity index (χ3n) is 3.82. The average molecular weight is 294 g/mol. The van der Waals surface area contributed by atoms with E-state index in [1.807, 2.05) is 6.92 Å². The molecular formula is C15H22N2O4. The second-order valence-corrected chi connectivity index (χ2v) is 5.29. The van der Waals surface area contributed by atoms with E-state index in [0.717, 1.165) is 19.3 Å². The van der Waals surface area contributed by atoms with Gasteiger partial charge in [-0.1, -0.05) is 6.42 Å². The first kappa shape index (κ1) is 15.6. The number of rotatable bonds is 6. The van der Waals surface area contributed by atoms with Gasteiger partial charge < -0.3 is 15.2 Å². The van der Waals surface area contributed by atoms with Crippen LogP contribution in [0.25, 0.3) is 0 Å². The Kier molecular flexibility index (Phi) is 5.38. The highest BCUT2D eigenvalue weighted by molar-refractivity contribution is 5.46. The smallest absolute Gasteiger partial charge is 0.276 e. The van der Waals surface area contributed by atoms with Gasteiger partial charge >= 0.3 is 0 Å². The lowest BCUT2D eigenvalue weighted by molar-refractivity contribution is -0.385. The highest BCUT2D eigenvalue weighted by atomic mass is 16.6. The maximum absolute atomic E-state index is 11.0. The Morgan fingerprint density at radius 2 is 2.00 bits per heavy atom. The Bertz CT molecular complexity index is 493. The first-order valence-electron chi connectivity index (χ1n) is 7.43. The van der Waals surface area contributed by atoms with Gasteiger partial charge in [-0.3, -0.25) is 10.1 Å². The molecule has 0 amide bonds. The minimum atomic E-state index is -0.434. The number of hydrogen-bond donors (Lipinski definition) is 1. The van der Waals surface area contributed by atoms with E-state index >= 15 is 0 Å². The zero-order valence-corrected chi connectivity index (χ0v) is 12.3. The SMILES string of the molecule is CCOc1cc(OC2CCCCC2CN)cc([N+](=O)[O-])c1. The van der Waals surface area contributed by atoms with Crippen molar-refractivity contribution >= 4 is 5.69 Å². The molecule has 2 atom stereocenters. The van der Waals surface area contributed by atoms with E-state index in [1.54, 1.807) is 6.07 Å². The topological polar surface area (TPSA) is 87.6 Å². The van der Waals surface area contributed by atoms with Crippen LogP contribution in [-0.2, 0) is 0 Å². The molecule has 0 heterocycles. The van der Waals surface area contributed by atoms with Gasteiger partial charge in [-0.15, -0.1) is 0 Å². The van der Waals surface area contributed by atoms with Crippen molar-refractivity contribution in [3.8, 4) is 11.5 Å². The maximum atomic E-state index is 11.0. The highest BCUT2D eigenvalue weighted by Crippen LogP contribution is 2.32. The van der Waals surface area contributed by atoms with Crippen molar-refractivity contribution in [2.75, 3.05) is 13.2 Å². The molecule has 2 unspecified atom stereocenters. The Hall–Kier alpha value is -1.82. The van der Waals surface area contributed by atoms with Crippen LogP contribution in [0.5, 0.6) is 11.5 Å². The average Bonchev–Trinajstić information content (AvgIpc) is 2.48. The largest absolute Gasteiger partial charge is 0.493 e. The van der Waals surface area contributed by atoms with Crippen LogP contribution in [-0.4, -0.2) is 24.2 Å². The maximum Gasteiger partial charge on any atom is 0.276 e. The quantitative estimate of drug-likeness (QED) is 0.644. The number of nitrogens with two attached hydrogens (primary N) is 1. The Balaban J connectivity index is 2.19. The molecule has 1 saturated carbocycles. The van der Waals surface area contributed by atoms with E-state index in [-0.39, 0.29) is 11.8 Å². The number of non-ortho nitro benzene ring substituents is 1. The molecule has 1 aliphatic rings. The van der Waals surface area contributed by atoms with Gasteiger partial charge in [-0.05, 0) is 32.7 Å². The molecule has 1 aromatic carbocycles. The predicted molar refractivity (Wildman–Crippen MR) is 79.7 cm³/mol. The summed E-state index contributed by atoms with van der Waals surface area (Å²) in [5, 5.41) is 11.0. The first-order valence-corrected chi connectivity index (χ1v) is 7.43. The van der Waals surface area contributed by atoms with E-state index in [9.17, 15) is 10.1 Å². The van der Waals surface area contributed by atoms with Gasteiger partial charge in [0.15, 0.2) is 0 Å². The highest BCUT2D eigenvalue weighted by Gasteiger charge is 2.26. The van der Waals surface area contributed by atoms with Gasteiger partial charge in [0.1, 0.15) is 17.6 Å². The molecule has 0 spiro atoms. The standard InChI is InChI=1S/C15H22N2O4/c1-2-20-13-7-12(17(18)19)8-14(9-13)21-15-6-4-3-5-11(15)10-16/h7-9,11,15H,2-6,10,16H2,1H3. The molecule has 1 aromatic rings. The Labute approximate surface area is 124 Å². The Morgan fingerprint density at radius 1 is 1.29 bits per heavy atom. The normalized spacial score (nSPS) is 21.8. The molecule has 0 radical (unpaired) electrons. The van der Waals surface area contributed by atoms with E-state index in [2.05, 4.69) is 0 Å². The molecule has 0 saturated heterocycles. The van der Waals surface area contributed by atoms with Crippen LogP contribution in [0.3, 0.4) is 0 Å². The van der Waals surface area contributed by atoms with Crippen molar-refractivity contribution in [2.24, 2.45) is 11.7 Å². The van der Waals surface area contributed by atoms with Crippen LogP contribution in [0.2, 0.25) is 0 Å². The fraction of sp³-hybridized carbons (Fsp3) is 0.600. The summed E-state index contributed by atoms with van der Waals surface area (Å²) < 4.78 is 11.3. The van der Waals surface area contributed by atoms with Crippen molar-refractivity contribution in [2.45, 2.75) is 38.7 Å². The van der Waals surface area contributed by atoms with Gasteiger partial charge in [0, 0.05) is 12.0 Å². The van der Waals surface area contributed by atoms with E-state index in [1.165, 1.54) is 18.6 Å². The van der Waals surface area contributed by atoms with Crippen LogP contribution in [0, 0.1) is 16.0 Å². The summed E-state index contributed by atoms with van der Waals surface area (Å²) in [7, 11) is 0. The molecule has 2 rings (SSSR count). The predicted octanol–water partition coefficient (Wildman–Crippen LogP) is 2.89. The molecule has 6 heteroatoms. The fourth-order valence-corrected chi connectivity index (χ4v) is 2.75. The van der Waals surface area contributed by atoms with Crippen molar-refractivity contribution in [1.82, 2.24) is 0 Å². The number of hydrogen-bond acceptors (Lipinski definition) is 5. The Morgan fingerprint density at radius 3 is 2.67 bits per heavy atom. The zero-order valence-electron chi connectivity index (χ0n) is 12.3. The lowest BCUT2D eigenvalue weighted by Crippen LogP contribution is -2.35. The minimum Gasteiger partial charge on any atom is -0.493 e. The fourth-order valence-electron chi connectivity index (χ4n) is 2.75. The number of nitro benzene ring substituents is 1. The van der Waals surface area contributed by atoms with Crippen molar-refractivity contribution in [3.63, 3.8) is 0 Å². The monoisotopic (exact) mass is 294 g/mol. The number of nitro groups is 1. The van der Waals surface area contributed by atoms with Gasteiger partial charge in [0.25, 0.3) is 5.69 Å². The van der Waals surface area contributed by atoms with Crippen LogP contribution in [0.4, 0.5) is 5.69 Å². The van der Waals surface area contributed by atoms with E-state index in [0.29, 0.717) is 30.6 Å². The summed E-state index contributed by atoms with van der Waals surface area (Å²) in [4.78, 5) is 10.6. The molecule has 0 aliphatic heterocycles. The van der Waals surface area contributed by atoms with Gasteiger partial charge in [0.05, 0.1) is 23.7 Å². The summed E-state index contributed by atoms with van der Waals surface area (Å²) >= 11 is 0. The molecule has 21 heavy (non-hydrogen) atoms. The molecule has 116 valence electrons. The molecular weight excluding hydrogens is 272 g/mol. The molecule has 0 bridgehead atoms. The molecule has 0 aromatic heterocycles. The molecule has 6 nitrogen and oxygen atoms in total.